The highest BCUT2D eigenvalue weighted by molar-refractivity contribution is 6.05. The zero-order valence-corrected chi connectivity index (χ0v) is 27.9. The van der Waals surface area contributed by atoms with Crippen LogP contribution < -0.4 is 10.2 Å². The summed E-state index contributed by atoms with van der Waals surface area (Å²) in [5, 5.41) is 12.6. The number of anilines is 1. The van der Waals surface area contributed by atoms with Crippen LogP contribution in [0.3, 0.4) is 0 Å². The van der Waals surface area contributed by atoms with E-state index < -0.39 is 41.6 Å². The van der Waals surface area contributed by atoms with Gasteiger partial charge in [-0.25, -0.2) is 0 Å². The van der Waals surface area contributed by atoms with E-state index in [0.29, 0.717) is 32.1 Å². The Morgan fingerprint density at radius 1 is 1.15 bits per heavy atom. The maximum absolute atomic E-state index is 14.8. The molecule has 6 atom stereocenters. The SMILES string of the molecule is C=CCCC(=O)OC[C@@H](NC(=O)[C@@H]1[C@@H]2CC[C@]3(O2)[C@H](C(=O)N(CC=C)c2cc(C)ccc2C)N(CCCCO)C(=O)[C@@H]13)c1ccccc1. The van der Waals surface area contributed by atoms with Crippen molar-refractivity contribution in [3.63, 3.8) is 0 Å². The lowest BCUT2D eigenvalue weighted by Crippen LogP contribution is -2.56. The normalized spacial score (nSPS) is 24.6. The Kier molecular flexibility index (Phi) is 11.2. The van der Waals surface area contributed by atoms with Crippen LogP contribution in [0.5, 0.6) is 0 Å². The minimum absolute atomic E-state index is 0.0388. The monoisotopic (exact) mass is 657 g/mol. The van der Waals surface area contributed by atoms with Gasteiger partial charge in [0.1, 0.15) is 18.2 Å². The Labute approximate surface area is 282 Å². The number of aliphatic hydroxyl groups excluding tert-OH is 1. The molecule has 3 aliphatic rings. The molecule has 2 N–H and O–H groups in total. The van der Waals surface area contributed by atoms with Crippen LogP contribution in [0.15, 0.2) is 73.8 Å². The number of fused-ring (bicyclic) bond motifs is 1. The fraction of sp³-hybridized carbons (Fsp3) is 0.474. The molecule has 0 aliphatic carbocycles. The summed E-state index contributed by atoms with van der Waals surface area (Å²) in [5.74, 6) is -3.04. The first kappa shape index (κ1) is 35.0. The molecule has 2 aromatic rings. The number of hydrogen-bond donors (Lipinski definition) is 2. The van der Waals surface area contributed by atoms with Crippen LogP contribution in [0.4, 0.5) is 5.69 Å². The smallest absolute Gasteiger partial charge is 0.306 e. The van der Waals surface area contributed by atoms with Crippen molar-refractivity contribution in [3.8, 4) is 0 Å². The van der Waals surface area contributed by atoms with Crippen LogP contribution in [0, 0.1) is 25.7 Å². The predicted molar refractivity (Wildman–Crippen MR) is 182 cm³/mol. The van der Waals surface area contributed by atoms with E-state index >= 15 is 0 Å². The number of carbonyl (C=O) groups excluding carboxylic acids is 4. The van der Waals surface area contributed by atoms with Gasteiger partial charge in [-0.1, -0.05) is 54.6 Å². The highest BCUT2D eigenvalue weighted by Gasteiger charge is 2.74. The van der Waals surface area contributed by atoms with Crippen molar-refractivity contribution in [1.29, 1.82) is 0 Å². The van der Waals surface area contributed by atoms with Crippen molar-refractivity contribution in [2.75, 3.05) is 31.2 Å². The van der Waals surface area contributed by atoms with E-state index in [1.807, 2.05) is 62.4 Å². The number of aliphatic hydroxyl groups is 1. The van der Waals surface area contributed by atoms with Crippen LogP contribution in [0.25, 0.3) is 0 Å². The molecule has 3 fully saturated rings. The molecule has 3 amide bonds. The van der Waals surface area contributed by atoms with Crippen LogP contribution in [0.2, 0.25) is 0 Å². The van der Waals surface area contributed by atoms with Crippen LogP contribution in [-0.4, -0.2) is 77.7 Å². The number of ether oxygens (including phenoxy) is 2. The summed E-state index contributed by atoms with van der Waals surface area (Å²) in [5.41, 5.74) is 2.21. The largest absolute Gasteiger partial charge is 0.463 e. The molecular formula is C38H47N3O7. The molecule has 1 spiro atoms. The zero-order valence-electron chi connectivity index (χ0n) is 27.9. The minimum Gasteiger partial charge on any atom is -0.463 e. The Hall–Kier alpha value is -4.28. The molecule has 256 valence electrons. The molecule has 0 saturated carbocycles. The minimum atomic E-state index is -1.18. The molecular weight excluding hydrogens is 610 g/mol. The van der Waals surface area contributed by atoms with E-state index in [1.165, 1.54) is 0 Å². The Morgan fingerprint density at radius 3 is 2.62 bits per heavy atom. The molecule has 0 unspecified atom stereocenters. The Morgan fingerprint density at radius 2 is 1.92 bits per heavy atom. The average Bonchev–Trinajstić information content (AvgIpc) is 3.73. The number of hydrogen-bond acceptors (Lipinski definition) is 7. The number of rotatable bonds is 16. The fourth-order valence-corrected chi connectivity index (χ4v) is 7.60. The quantitative estimate of drug-likeness (QED) is 0.156. The third-order valence-electron chi connectivity index (χ3n) is 9.86. The van der Waals surface area contributed by atoms with Gasteiger partial charge in [0.2, 0.25) is 11.8 Å². The number of nitrogens with zero attached hydrogens (tertiary/aromatic N) is 2. The number of benzene rings is 2. The van der Waals surface area contributed by atoms with E-state index in [0.717, 1.165) is 22.4 Å². The standard InChI is InChI=1S/C38H47N3O7/c1-5-7-15-31(43)47-24-28(27-13-9-8-10-14-27)39-35(44)32-30-18-19-38(48-30)33(32)36(45)41(21-11-12-22-42)34(38)37(46)40(20-6-2)29-23-25(3)16-17-26(29)4/h5-6,8-10,13-14,16-17,23,28,30,32-34,42H,1-2,7,11-12,15,18-22,24H2,3-4H3,(H,39,44)/t28-,30+,32-,33-,34+,38-/m1/s1. The van der Waals surface area contributed by atoms with Crippen molar-refractivity contribution < 1.29 is 33.8 Å². The van der Waals surface area contributed by atoms with Crippen LogP contribution >= 0.6 is 0 Å². The van der Waals surface area contributed by atoms with E-state index in [9.17, 15) is 24.3 Å². The molecule has 3 saturated heterocycles. The highest BCUT2D eigenvalue weighted by Crippen LogP contribution is 2.58. The third-order valence-corrected chi connectivity index (χ3v) is 9.86. The van der Waals surface area contributed by atoms with Gasteiger partial charge in [0.15, 0.2) is 0 Å². The number of aryl methyl sites for hydroxylation is 2. The van der Waals surface area contributed by atoms with Gasteiger partial charge in [0.25, 0.3) is 5.91 Å². The average molecular weight is 658 g/mol. The van der Waals surface area contributed by atoms with Gasteiger partial charge in [-0.3, -0.25) is 19.2 Å². The first-order valence-corrected chi connectivity index (χ1v) is 16.9. The Bertz CT molecular complexity index is 1530. The zero-order chi connectivity index (χ0) is 34.4. The number of likely N-dealkylation sites (tertiary alicyclic amines) is 1. The molecule has 10 nitrogen and oxygen atoms in total. The number of nitrogens with one attached hydrogen (secondary N) is 1. The molecule has 3 heterocycles. The molecule has 3 aliphatic heterocycles. The first-order chi connectivity index (χ1) is 23.2. The highest BCUT2D eigenvalue weighted by atomic mass is 16.5. The number of unbranched alkanes of at least 4 members (excludes halogenated alkanes) is 1. The van der Waals surface area contributed by atoms with Gasteiger partial charge in [0.05, 0.1) is 24.0 Å². The second-order valence-corrected chi connectivity index (χ2v) is 13.0. The van der Waals surface area contributed by atoms with Crippen molar-refractivity contribution >= 4 is 29.4 Å². The molecule has 2 aromatic carbocycles. The van der Waals surface area contributed by atoms with Gasteiger partial charge < -0.3 is 29.7 Å². The molecule has 48 heavy (non-hydrogen) atoms. The van der Waals surface area contributed by atoms with E-state index in [1.54, 1.807) is 22.0 Å². The maximum atomic E-state index is 14.8. The number of carbonyl (C=O) groups is 4. The van der Waals surface area contributed by atoms with Gasteiger partial charge >= 0.3 is 5.97 Å². The number of esters is 1. The lowest BCUT2D eigenvalue weighted by atomic mass is 9.70. The van der Waals surface area contributed by atoms with Crippen molar-refractivity contribution in [2.24, 2.45) is 11.8 Å². The van der Waals surface area contributed by atoms with Gasteiger partial charge in [0, 0.05) is 31.8 Å². The molecule has 2 bridgehead atoms. The Balaban J connectivity index is 1.46. The number of allylic oxidation sites excluding steroid dienone is 1. The van der Waals surface area contributed by atoms with Gasteiger partial charge in [-0.05, 0) is 68.7 Å². The second kappa shape index (κ2) is 15.3. The molecule has 0 aromatic heterocycles. The van der Waals surface area contributed by atoms with Crippen molar-refractivity contribution in [1.82, 2.24) is 10.2 Å². The topological polar surface area (TPSA) is 125 Å². The molecule has 0 radical (unpaired) electrons. The number of amides is 3. The van der Waals surface area contributed by atoms with Gasteiger partial charge in [-0.15, -0.1) is 13.2 Å². The van der Waals surface area contributed by atoms with E-state index in [2.05, 4.69) is 18.5 Å². The summed E-state index contributed by atoms with van der Waals surface area (Å²) in [6.45, 7) is 11.8. The van der Waals surface area contributed by atoms with E-state index in [4.69, 9.17) is 9.47 Å². The second-order valence-electron chi connectivity index (χ2n) is 13.0. The van der Waals surface area contributed by atoms with Crippen LogP contribution in [0.1, 0.15) is 61.3 Å². The van der Waals surface area contributed by atoms with Crippen molar-refractivity contribution in [2.45, 2.75) is 76.2 Å². The predicted octanol–water partition coefficient (Wildman–Crippen LogP) is 4.34. The summed E-state index contributed by atoms with van der Waals surface area (Å²) in [6, 6.07) is 13.5. The van der Waals surface area contributed by atoms with E-state index in [-0.39, 0.29) is 50.4 Å². The summed E-state index contributed by atoms with van der Waals surface area (Å²) in [6.07, 6.45) is 5.37. The van der Waals surface area contributed by atoms with Crippen LogP contribution in [-0.2, 0) is 28.7 Å². The first-order valence-electron chi connectivity index (χ1n) is 16.9. The lowest BCUT2D eigenvalue weighted by Gasteiger charge is -2.37. The molecule has 5 rings (SSSR count). The maximum Gasteiger partial charge on any atom is 0.306 e. The summed E-state index contributed by atoms with van der Waals surface area (Å²) < 4.78 is 12.2. The summed E-state index contributed by atoms with van der Waals surface area (Å²) >= 11 is 0. The summed E-state index contributed by atoms with van der Waals surface area (Å²) in [7, 11) is 0. The lowest BCUT2D eigenvalue weighted by molar-refractivity contribution is -0.146. The fourth-order valence-electron chi connectivity index (χ4n) is 7.60. The third kappa shape index (κ3) is 6.82. The van der Waals surface area contributed by atoms with Crippen molar-refractivity contribution in [3.05, 3.63) is 90.5 Å². The summed E-state index contributed by atoms with van der Waals surface area (Å²) in [4.78, 5) is 59.1. The van der Waals surface area contributed by atoms with Gasteiger partial charge in [-0.2, -0.15) is 0 Å². The molecule has 10 heteroatoms.